The van der Waals surface area contributed by atoms with E-state index in [1.807, 2.05) is 30.3 Å². The Morgan fingerprint density at radius 2 is 2.12 bits per heavy atom. The van der Waals surface area contributed by atoms with Crippen LogP contribution >= 0.6 is 0 Å². The summed E-state index contributed by atoms with van der Waals surface area (Å²) in [5.74, 6) is 0. The van der Waals surface area contributed by atoms with Crippen LogP contribution in [0.4, 0.5) is 0 Å². The quantitative estimate of drug-likeness (QED) is 0.479. The van der Waals surface area contributed by atoms with Crippen molar-refractivity contribution in [2.75, 3.05) is 20.2 Å². The lowest BCUT2D eigenvalue weighted by Crippen LogP contribution is -2.49. The topological polar surface area (TPSA) is 33.7 Å². The molecular formula is C13H20N2O2. The van der Waals surface area contributed by atoms with Crippen molar-refractivity contribution in [1.82, 2.24) is 10.4 Å². The van der Waals surface area contributed by atoms with Gasteiger partial charge in [-0.25, -0.2) is 20.2 Å². The average Bonchev–Trinajstić information content (AvgIpc) is 2.36. The summed E-state index contributed by atoms with van der Waals surface area (Å²) >= 11 is 0. The van der Waals surface area contributed by atoms with Crippen LogP contribution in [0.3, 0.4) is 0 Å². The predicted octanol–water partition coefficient (Wildman–Crippen LogP) is 1.73. The third-order valence-electron chi connectivity index (χ3n) is 2.87. The maximum atomic E-state index is 5.24. The van der Waals surface area contributed by atoms with Crippen LogP contribution in [-0.2, 0) is 16.4 Å². The molecule has 0 saturated carbocycles. The highest BCUT2D eigenvalue weighted by Crippen LogP contribution is 2.07. The minimum Gasteiger partial charge on any atom is -0.250 e. The van der Waals surface area contributed by atoms with Crippen molar-refractivity contribution >= 4 is 0 Å². The fraction of sp³-hybridized carbons (Fsp3) is 0.538. The van der Waals surface area contributed by atoms with Crippen molar-refractivity contribution in [1.29, 1.82) is 0 Å². The molecule has 1 aliphatic heterocycles. The van der Waals surface area contributed by atoms with Gasteiger partial charge >= 0.3 is 0 Å². The maximum absolute atomic E-state index is 5.24. The van der Waals surface area contributed by atoms with Crippen LogP contribution in [0.5, 0.6) is 0 Å². The molecule has 0 aromatic heterocycles. The van der Waals surface area contributed by atoms with Crippen molar-refractivity contribution in [3.05, 3.63) is 35.9 Å². The molecule has 1 aromatic rings. The summed E-state index contributed by atoms with van der Waals surface area (Å²) in [4.78, 5) is 10.4. The minimum atomic E-state index is 0.365. The lowest BCUT2D eigenvalue weighted by Gasteiger charge is -2.30. The van der Waals surface area contributed by atoms with E-state index in [2.05, 4.69) is 17.5 Å². The number of nitrogens with one attached hydrogen (secondary N) is 1. The Hall–Kier alpha value is -0.940. The molecule has 94 valence electrons. The van der Waals surface area contributed by atoms with Crippen LogP contribution < -0.4 is 5.43 Å². The second-order valence-electron chi connectivity index (χ2n) is 4.42. The second-order valence-corrected chi connectivity index (χ2v) is 4.42. The molecule has 4 heteroatoms. The molecule has 1 N–H and O–H groups in total. The molecule has 1 atom stereocenters. The van der Waals surface area contributed by atoms with Crippen molar-refractivity contribution < 1.29 is 9.78 Å². The standard InChI is InChI=1S/C13H20N2O2/c1-15-9-5-8-13(14-15)11-17-16-10-12-6-3-2-4-7-12/h2-4,6-7,13-14H,5,8-11H2,1H3/t13-/m1/s1. The Morgan fingerprint density at radius 3 is 2.88 bits per heavy atom. The van der Waals surface area contributed by atoms with E-state index in [1.54, 1.807) is 0 Å². The number of hydrogen-bond acceptors (Lipinski definition) is 4. The van der Waals surface area contributed by atoms with Crippen LogP contribution in [0.2, 0.25) is 0 Å². The van der Waals surface area contributed by atoms with Gasteiger partial charge in [-0.3, -0.25) is 0 Å². The minimum absolute atomic E-state index is 0.365. The predicted molar refractivity (Wildman–Crippen MR) is 66.0 cm³/mol. The summed E-state index contributed by atoms with van der Waals surface area (Å²) in [6.07, 6.45) is 2.34. The van der Waals surface area contributed by atoms with E-state index in [0.717, 1.165) is 18.5 Å². The summed E-state index contributed by atoms with van der Waals surface area (Å²) in [6, 6.07) is 10.4. The third-order valence-corrected chi connectivity index (χ3v) is 2.87. The van der Waals surface area contributed by atoms with Gasteiger partial charge in [0.05, 0.1) is 6.61 Å². The molecule has 0 amide bonds. The molecule has 2 rings (SSSR count). The van der Waals surface area contributed by atoms with Gasteiger partial charge in [0.15, 0.2) is 0 Å². The van der Waals surface area contributed by atoms with Crippen molar-refractivity contribution in [2.24, 2.45) is 0 Å². The lowest BCUT2D eigenvalue weighted by atomic mass is 10.1. The zero-order valence-electron chi connectivity index (χ0n) is 10.3. The van der Waals surface area contributed by atoms with Gasteiger partial charge in [-0.2, -0.15) is 0 Å². The average molecular weight is 236 g/mol. The molecule has 1 saturated heterocycles. The number of nitrogens with zero attached hydrogens (tertiary/aromatic N) is 1. The molecule has 1 aromatic carbocycles. The monoisotopic (exact) mass is 236 g/mol. The highest BCUT2D eigenvalue weighted by Gasteiger charge is 2.16. The first kappa shape index (κ1) is 12.5. The van der Waals surface area contributed by atoms with E-state index in [4.69, 9.17) is 9.78 Å². The van der Waals surface area contributed by atoms with Gasteiger partial charge in [0.1, 0.15) is 6.61 Å². The summed E-state index contributed by atoms with van der Waals surface area (Å²) in [5.41, 5.74) is 4.47. The largest absolute Gasteiger partial charge is 0.250 e. The van der Waals surface area contributed by atoms with Gasteiger partial charge in [0, 0.05) is 19.6 Å². The number of rotatable bonds is 5. The molecule has 0 bridgehead atoms. The fourth-order valence-corrected chi connectivity index (χ4v) is 1.95. The van der Waals surface area contributed by atoms with Crippen LogP contribution in [0, 0.1) is 0 Å². The Bertz CT molecular complexity index is 318. The fourth-order valence-electron chi connectivity index (χ4n) is 1.95. The molecule has 1 heterocycles. The van der Waals surface area contributed by atoms with Crippen LogP contribution in [0.15, 0.2) is 30.3 Å². The third kappa shape index (κ3) is 4.44. The number of hydrazine groups is 1. The van der Waals surface area contributed by atoms with E-state index < -0.39 is 0 Å². The lowest BCUT2D eigenvalue weighted by molar-refractivity contribution is -0.309. The summed E-state index contributed by atoms with van der Waals surface area (Å²) in [7, 11) is 2.05. The highest BCUT2D eigenvalue weighted by molar-refractivity contribution is 5.13. The van der Waals surface area contributed by atoms with E-state index in [0.29, 0.717) is 19.3 Å². The van der Waals surface area contributed by atoms with E-state index in [-0.39, 0.29) is 0 Å². The van der Waals surface area contributed by atoms with Crippen LogP contribution in [0.1, 0.15) is 18.4 Å². The molecule has 0 radical (unpaired) electrons. The van der Waals surface area contributed by atoms with Crippen LogP contribution in [-0.4, -0.2) is 31.3 Å². The molecule has 17 heavy (non-hydrogen) atoms. The Kier molecular flexibility index (Phi) is 4.94. The van der Waals surface area contributed by atoms with Crippen molar-refractivity contribution in [3.8, 4) is 0 Å². The first-order valence-electron chi connectivity index (χ1n) is 6.10. The van der Waals surface area contributed by atoms with Gasteiger partial charge in [-0.1, -0.05) is 30.3 Å². The summed E-state index contributed by atoms with van der Waals surface area (Å²) in [6.45, 7) is 2.20. The van der Waals surface area contributed by atoms with Gasteiger partial charge in [-0.15, -0.1) is 0 Å². The Labute approximate surface area is 102 Å². The molecular weight excluding hydrogens is 216 g/mol. The molecule has 0 spiro atoms. The van der Waals surface area contributed by atoms with Crippen LogP contribution in [0.25, 0.3) is 0 Å². The first-order valence-corrected chi connectivity index (χ1v) is 6.10. The van der Waals surface area contributed by atoms with Gasteiger partial charge in [0.25, 0.3) is 0 Å². The Balaban J connectivity index is 1.60. The number of benzene rings is 1. The molecule has 4 nitrogen and oxygen atoms in total. The van der Waals surface area contributed by atoms with Gasteiger partial charge in [0.2, 0.25) is 0 Å². The molecule has 1 aliphatic rings. The second kappa shape index (κ2) is 6.71. The Morgan fingerprint density at radius 1 is 1.29 bits per heavy atom. The first-order chi connectivity index (χ1) is 8.34. The van der Waals surface area contributed by atoms with E-state index >= 15 is 0 Å². The SMILES string of the molecule is CN1CCC[C@H](COOCc2ccccc2)N1. The summed E-state index contributed by atoms with van der Waals surface area (Å²) in [5, 5.41) is 2.11. The smallest absolute Gasteiger partial charge is 0.107 e. The van der Waals surface area contributed by atoms with Gasteiger partial charge in [-0.05, 0) is 18.4 Å². The molecule has 1 fully saturated rings. The van der Waals surface area contributed by atoms with Gasteiger partial charge < -0.3 is 0 Å². The van der Waals surface area contributed by atoms with Crippen molar-refractivity contribution in [3.63, 3.8) is 0 Å². The molecule has 0 aliphatic carbocycles. The van der Waals surface area contributed by atoms with Crippen molar-refractivity contribution in [2.45, 2.75) is 25.5 Å². The normalized spacial score (nSPS) is 21.6. The maximum Gasteiger partial charge on any atom is 0.107 e. The zero-order valence-corrected chi connectivity index (χ0v) is 10.3. The zero-order chi connectivity index (χ0) is 11.9. The van der Waals surface area contributed by atoms with E-state index in [1.165, 1.54) is 6.42 Å². The molecule has 0 unspecified atom stereocenters. The van der Waals surface area contributed by atoms with E-state index in [9.17, 15) is 0 Å². The summed E-state index contributed by atoms with van der Waals surface area (Å²) < 4.78 is 0. The highest BCUT2D eigenvalue weighted by atomic mass is 17.2. The number of hydrogen-bond donors (Lipinski definition) is 1.